The Kier molecular flexibility index (Phi) is 6.02. The van der Waals surface area contributed by atoms with Gasteiger partial charge in [0.1, 0.15) is 5.75 Å². The predicted molar refractivity (Wildman–Crippen MR) is 119 cm³/mol. The highest BCUT2D eigenvalue weighted by atomic mass is 16.5. The van der Waals surface area contributed by atoms with Crippen LogP contribution in [0.3, 0.4) is 0 Å². The third-order valence-corrected chi connectivity index (χ3v) is 7.90. The molecular weight excluding hydrogens is 376 g/mol. The number of phenolic OH excluding ortho intramolecular Hbond substituents is 1. The summed E-state index contributed by atoms with van der Waals surface area (Å²) in [6.45, 7) is 14.7. The molecule has 0 bridgehead atoms. The Hall–Kier alpha value is -1.59. The summed E-state index contributed by atoms with van der Waals surface area (Å²) < 4.78 is 0. The Morgan fingerprint density at radius 3 is 2.13 bits per heavy atom. The fourth-order valence-corrected chi connectivity index (χ4v) is 5.91. The molecule has 1 saturated heterocycles. The van der Waals surface area contributed by atoms with Gasteiger partial charge in [0.25, 0.3) is 0 Å². The molecule has 1 heterocycles. The van der Waals surface area contributed by atoms with Crippen LogP contribution in [0.15, 0.2) is 24.3 Å². The van der Waals surface area contributed by atoms with E-state index in [1.807, 2.05) is 39.8 Å². The van der Waals surface area contributed by atoms with Gasteiger partial charge in [0, 0.05) is 23.0 Å². The summed E-state index contributed by atoms with van der Waals surface area (Å²) in [4.78, 5) is 13.2. The van der Waals surface area contributed by atoms with Crippen LogP contribution in [0, 0.1) is 23.2 Å². The van der Waals surface area contributed by atoms with Gasteiger partial charge in [-0.25, -0.2) is 0 Å². The zero-order valence-electron chi connectivity index (χ0n) is 19.7. The van der Waals surface area contributed by atoms with Crippen LogP contribution in [0.25, 0.3) is 0 Å². The number of piperidine rings is 1. The van der Waals surface area contributed by atoms with E-state index in [1.54, 1.807) is 12.1 Å². The molecule has 5 heteroatoms. The second kappa shape index (κ2) is 7.83. The quantitative estimate of drug-likeness (QED) is 0.625. The lowest BCUT2D eigenvalue weighted by Crippen LogP contribution is -2.63. The van der Waals surface area contributed by atoms with Gasteiger partial charge >= 0.3 is 0 Å². The lowest BCUT2D eigenvalue weighted by molar-refractivity contribution is -0.246. The van der Waals surface area contributed by atoms with Crippen molar-refractivity contribution in [2.24, 2.45) is 23.2 Å². The number of carbonyl (C=O) groups is 1. The van der Waals surface area contributed by atoms with E-state index in [9.17, 15) is 15.1 Å². The molecule has 4 atom stereocenters. The molecule has 0 spiro atoms. The molecule has 1 saturated carbocycles. The van der Waals surface area contributed by atoms with Gasteiger partial charge < -0.3 is 15.6 Å². The molecule has 1 aromatic carbocycles. The van der Waals surface area contributed by atoms with Crippen LogP contribution in [0.4, 0.5) is 0 Å². The predicted octanol–water partition coefficient (Wildman–Crippen LogP) is 4.76. The highest BCUT2D eigenvalue weighted by molar-refractivity contribution is 5.80. The van der Waals surface area contributed by atoms with Crippen molar-refractivity contribution in [3.05, 3.63) is 29.8 Å². The molecule has 1 aromatic rings. The molecule has 3 rings (SSSR count). The normalized spacial score (nSPS) is 30.5. The van der Waals surface area contributed by atoms with E-state index in [1.165, 1.54) is 10.6 Å². The van der Waals surface area contributed by atoms with Crippen molar-refractivity contribution in [3.63, 3.8) is 0 Å². The van der Waals surface area contributed by atoms with Gasteiger partial charge in [-0.2, -0.15) is 5.06 Å². The number of phenols is 1. The number of amides is 1. The van der Waals surface area contributed by atoms with Crippen LogP contribution in [0.5, 0.6) is 5.75 Å². The summed E-state index contributed by atoms with van der Waals surface area (Å²) in [5, 5.41) is 24.7. The van der Waals surface area contributed by atoms with Crippen molar-refractivity contribution >= 4 is 5.91 Å². The van der Waals surface area contributed by atoms with Crippen LogP contribution >= 0.6 is 0 Å². The van der Waals surface area contributed by atoms with E-state index in [0.29, 0.717) is 17.6 Å². The second-order valence-corrected chi connectivity index (χ2v) is 11.4. The number of benzene rings is 1. The summed E-state index contributed by atoms with van der Waals surface area (Å²) in [5.41, 5.74) is 0.525. The lowest BCUT2D eigenvalue weighted by Gasteiger charge is -2.51. The Morgan fingerprint density at radius 1 is 1.07 bits per heavy atom. The van der Waals surface area contributed by atoms with Gasteiger partial charge in [0.15, 0.2) is 0 Å². The summed E-state index contributed by atoms with van der Waals surface area (Å²) in [6.07, 6.45) is 3.52. The topological polar surface area (TPSA) is 72.8 Å². The van der Waals surface area contributed by atoms with E-state index in [-0.39, 0.29) is 34.4 Å². The molecular formula is C25H40N2O3. The first-order chi connectivity index (χ1) is 13.8. The molecule has 30 heavy (non-hydrogen) atoms. The molecule has 0 aromatic heterocycles. The van der Waals surface area contributed by atoms with Crippen molar-refractivity contribution < 1.29 is 15.1 Å². The van der Waals surface area contributed by atoms with Gasteiger partial charge in [-0.05, 0) is 88.3 Å². The average molecular weight is 417 g/mol. The fourth-order valence-electron chi connectivity index (χ4n) is 5.91. The molecule has 3 N–H and O–H groups in total. The number of hydrogen-bond donors (Lipinski definition) is 3. The Morgan fingerprint density at radius 2 is 1.60 bits per heavy atom. The van der Waals surface area contributed by atoms with Crippen molar-refractivity contribution in [2.45, 2.75) is 91.3 Å². The minimum absolute atomic E-state index is 0.0309. The van der Waals surface area contributed by atoms with Crippen LogP contribution in [-0.4, -0.2) is 38.4 Å². The van der Waals surface area contributed by atoms with E-state index >= 15 is 0 Å². The van der Waals surface area contributed by atoms with E-state index in [0.717, 1.165) is 25.7 Å². The zero-order valence-corrected chi connectivity index (χ0v) is 19.7. The van der Waals surface area contributed by atoms with E-state index in [4.69, 9.17) is 0 Å². The molecule has 168 valence electrons. The largest absolute Gasteiger partial charge is 0.508 e. The maximum Gasteiger partial charge on any atom is 0.223 e. The van der Waals surface area contributed by atoms with Crippen molar-refractivity contribution in [2.75, 3.05) is 0 Å². The molecule has 1 aliphatic carbocycles. The minimum Gasteiger partial charge on any atom is -0.508 e. The summed E-state index contributed by atoms with van der Waals surface area (Å²) >= 11 is 0. The molecule has 2 fully saturated rings. The van der Waals surface area contributed by atoms with Crippen molar-refractivity contribution in [1.29, 1.82) is 0 Å². The molecule has 1 amide bonds. The van der Waals surface area contributed by atoms with E-state index in [2.05, 4.69) is 26.1 Å². The number of rotatable bonds is 6. The minimum atomic E-state index is -0.367. The number of nitrogens with one attached hydrogen (secondary N) is 1. The standard InChI is InChI=1S/C25H40N2O3/c1-16(12-18-8-10-20(28)11-9-18)21-15-25(21,7)17(2)22(29)26-19-13-23(3,4)27(30)24(5,6)14-19/h8-11,16-17,19,21,28,30H,12-15H2,1-7H3,(H,26,29)/t16-,17+,21-,25-/m0/s1. The first-order valence-electron chi connectivity index (χ1n) is 11.3. The number of nitrogens with zero attached hydrogens (tertiary/aromatic N) is 1. The monoisotopic (exact) mass is 416 g/mol. The van der Waals surface area contributed by atoms with Gasteiger partial charge in [-0.15, -0.1) is 0 Å². The van der Waals surface area contributed by atoms with E-state index < -0.39 is 0 Å². The Bertz CT molecular complexity index is 755. The van der Waals surface area contributed by atoms with Crippen LogP contribution in [0.1, 0.15) is 73.3 Å². The number of hydrogen-bond acceptors (Lipinski definition) is 4. The molecule has 2 aliphatic rings. The molecule has 0 unspecified atom stereocenters. The van der Waals surface area contributed by atoms with Crippen molar-refractivity contribution in [3.8, 4) is 5.75 Å². The second-order valence-electron chi connectivity index (χ2n) is 11.4. The third kappa shape index (κ3) is 4.52. The number of aromatic hydroxyl groups is 1. The average Bonchev–Trinajstić information content (AvgIpc) is 3.33. The summed E-state index contributed by atoms with van der Waals surface area (Å²) in [5.74, 6) is 1.42. The number of hydroxylamine groups is 2. The number of carbonyl (C=O) groups excluding carboxylic acids is 1. The molecule has 0 radical (unpaired) electrons. The maximum absolute atomic E-state index is 13.2. The molecule has 1 aliphatic heterocycles. The highest BCUT2D eigenvalue weighted by Gasteiger charge is 2.57. The smallest absolute Gasteiger partial charge is 0.223 e. The summed E-state index contributed by atoms with van der Waals surface area (Å²) in [6, 6.07) is 7.52. The highest BCUT2D eigenvalue weighted by Crippen LogP contribution is 2.61. The SMILES string of the molecule is C[C@H](C(=O)NC1CC(C)(C)N(O)C(C)(C)C1)[C@]1(C)C[C@H]1[C@@H](C)Cc1ccc(O)cc1. The Balaban J connectivity index is 1.59. The lowest BCUT2D eigenvalue weighted by atomic mass is 9.78. The van der Waals surface area contributed by atoms with Gasteiger partial charge in [-0.3, -0.25) is 4.79 Å². The first kappa shape index (κ1) is 23.1. The first-order valence-corrected chi connectivity index (χ1v) is 11.3. The van der Waals surface area contributed by atoms with Crippen LogP contribution < -0.4 is 5.32 Å². The summed E-state index contributed by atoms with van der Waals surface area (Å²) in [7, 11) is 0. The van der Waals surface area contributed by atoms with Gasteiger partial charge in [0.2, 0.25) is 5.91 Å². The fraction of sp³-hybridized carbons (Fsp3) is 0.720. The Labute approximate surface area is 181 Å². The van der Waals surface area contributed by atoms with Gasteiger partial charge in [-0.1, -0.05) is 32.9 Å². The van der Waals surface area contributed by atoms with Crippen LogP contribution in [-0.2, 0) is 11.2 Å². The van der Waals surface area contributed by atoms with Crippen LogP contribution in [0.2, 0.25) is 0 Å². The van der Waals surface area contributed by atoms with Crippen molar-refractivity contribution in [1.82, 2.24) is 10.4 Å². The van der Waals surface area contributed by atoms with Gasteiger partial charge in [0.05, 0.1) is 0 Å². The molecule has 5 nitrogen and oxygen atoms in total. The maximum atomic E-state index is 13.2. The zero-order chi connectivity index (χ0) is 22.5. The third-order valence-electron chi connectivity index (χ3n) is 7.90.